The minimum atomic E-state index is -3.14. The highest BCUT2D eigenvalue weighted by atomic mass is 79.9. The lowest BCUT2D eigenvalue weighted by molar-refractivity contribution is 0.599. The molecule has 4 heteroatoms. The maximum absolute atomic E-state index is 11.6. The normalized spacial score (nSPS) is 12.1. The lowest BCUT2D eigenvalue weighted by Crippen LogP contribution is -2.04. The van der Waals surface area contributed by atoms with Gasteiger partial charge in [-0.15, -0.1) is 0 Å². The summed E-state index contributed by atoms with van der Waals surface area (Å²) >= 11 is 3.19. The molecule has 0 fully saturated rings. The first kappa shape index (κ1) is 11.5. The first-order chi connectivity index (χ1) is 6.67. The molecular formula is C10H11BrO2S. The average molecular weight is 275 g/mol. The van der Waals surface area contributed by atoms with E-state index in [2.05, 4.69) is 15.9 Å². The van der Waals surface area contributed by atoms with Crippen LogP contribution in [-0.2, 0) is 9.84 Å². The molecule has 0 bridgehead atoms. The predicted octanol–water partition coefficient (Wildman–Crippen LogP) is 2.41. The molecule has 2 nitrogen and oxygen atoms in total. The fourth-order valence-corrected chi connectivity index (χ4v) is 2.40. The van der Waals surface area contributed by atoms with Crippen LogP contribution in [0.4, 0.5) is 0 Å². The van der Waals surface area contributed by atoms with Crippen LogP contribution in [0, 0.1) is 0 Å². The molecule has 0 heterocycles. The number of benzene rings is 1. The molecule has 0 N–H and O–H groups in total. The van der Waals surface area contributed by atoms with Crippen LogP contribution in [0.1, 0.15) is 0 Å². The standard InChI is InChI=1S/C10H11BrO2S/c11-8-4-5-9-14(12,13)10-6-2-1-3-7-10/h1-7H,8-9H2. The van der Waals surface area contributed by atoms with Crippen LogP contribution in [0.15, 0.2) is 47.4 Å². The Balaban J connectivity index is 2.82. The lowest BCUT2D eigenvalue weighted by Gasteiger charge is -1.99. The highest BCUT2D eigenvalue weighted by molar-refractivity contribution is 9.09. The minimum absolute atomic E-state index is 0.0581. The average Bonchev–Trinajstić information content (AvgIpc) is 2.19. The summed E-state index contributed by atoms with van der Waals surface area (Å²) in [6.45, 7) is 0. The monoisotopic (exact) mass is 274 g/mol. The Kier molecular flexibility index (Phi) is 4.35. The summed E-state index contributed by atoms with van der Waals surface area (Å²) in [4.78, 5) is 0.374. The summed E-state index contributed by atoms with van der Waals surface area (Å²) in [6.07, 6.45) is 3.43. The van der Waals surface area contributed by atoms with Crippen molar-refractivity contribution in [1.29, 1.82) is 0 Å². The maximum atomic E-state index is 11.6. The third-order valence-corrected chi connectivity index (χ3v) is 3.67. The SMILES string of the molecule is O=S(=O)(CC=CCBr)c1ccccc1. The van der Waals surface area contributed by atoms with Crippen molar-refractivity contribution in [3.8, 4) is 0 Å². The number of sulfone groups is 1. The van der Waals surface area contributed by atoms with E-state index in [0.717, 1.165) is 0 Å². The van der Waals surface area contributed by atoms with Crippen molar-refractivity contribution in [3.05, 3.63) is 42.5 Å². The van der Waals surface area contributed by atoms with Gasteiger partial charge in [0.1, 0.15) is 0 Å². The number of alkyl halides is 1. The quantitative estimate of drug-likeness (QED) is 0.624. The van der Waals surface area contributed by atoms with Crippen molar-refractivity contribution < 1.29 is 8.42 Å². The molecule has 0 aliphatic carbocycles. The molecule has 0 saturated heterocycles. The number of hydrogen-bond donors (Lipinski definition) is 0. The largest absolute Gasteiger partial charge is 0.223 e. The molecule has 0 amide bonds. The summed E-state index contributed by atoms with van der Waals surface area (Å²) in [6, 6.07) is 8.46. The van der Waals surface area contributed by atoms with Crippen molar-refractivity contribution in [3.63, 3.8) is 0 Å². The Morgan fingerprint density at radius 3 is 2.36 bits per heavy atom. The summed E-state index contributed by atoms with van der Waals surface area (Å²) in [7, 11) is -3.14. The fraction of sp³-hybridized carbons (Fsp3) is 0.200. The van der Waals surface area contributed by atoms with E-state index >= 15 is 0 Å². The van der Waals surface area contributed by atoms with Gasteiger partial charge >= 0.3 is 0 Å². The number of halogens is 1. The molecule has 14 heavy (non-hydrogen) atoms. The molecule has 0 atom stereocenters. The Morgan fingerprint density at radius 2 is 1.79 bits per heavy atom. The number of allylic oxidation sites excluding steroid dienone is 1. The second kappa shape index (κ2) is 5.32. The third-order valence-electron chi connectivity index (χ3n) is 1.67. The number of hydrogen-bond acceptors (Lipinski definition) is 2. The van der Waals surface area contributed by atoms with E-state index in [9.17, 15) is 8.42 Å². The molecule has 0 saturated carbocycles. The van der Waals surface area contributed by atoms with E-state index in [-0.39, 0.29) is 5.75 Å². The molecule has 0 spiro atoms. The zero-order valence-electron chi connectivity index (χ0n) is 7.56. The van der Waals surface area contributed by atoms with Gasteiger partial charge in [-0.3, -0.25) is 0 Å². The minimum Gasteiger partial charge on any atom is -0.223 e. The van der Waals surface area contributed by atoms with Crippen molar-refractivity contribution in [2.75, 3.05) is 11.1 Å². The summed E-state index contributed by atoms with van der Waals surface area (Å²) < 4.78 is 23.3. The Labute approximate surface area is 92.7 Å². The molecule has 1 aromatic carbocycles. The highest BCUT2D eigenvalue weighted by Crippen LogP contribution is 2.09. The molecule has 76 valence electrons. The van der Waals surface area contributed by atoms with Gasteiger partial charge in [-0.05, 0) is 12.1 Å². The zero-order valence-corrected chi connectivity index (χ0v) is 9.96. The van der Waals surface area contributed by atoms with Crippen molar-refractivity contribution >= 4 is 25.8 Å². The third kappa shape index (κ3) is 3.27. The molecule has 0 radical (unpaired) electrons. The Bertz CT molecular complexity index is 395. The van der Waals surface area contributed by atoms with E-state index in [1.165, 1.54) is 0 Å². The van der Waals surface area contributed by atoms with E-state index in [0.29, 0.717) is 10.2 Å². The van der Waals surface area contributed by atoms with Gasteiger partial charge in [0, 0.05) is 5.33 Å². The molecule has 1 aromatic rings. The van der Waals surface area contributed by atoms with Crippen LogP contribution in [0.5, 0.6) is 0 Å². The molecular weight excluding hydrogens is 264 g/mol. The number of rotatable bonds is 4. The molecule has 0 aliphatic heterocycles. The van der Waals surface area contributed by atoms with E-state index in [1.54, 1.807) is 42.5 Å². The molecule has 0 aliphatic rings. The Morgan fingerprint density at radius 1 is 1.14 bits per heavy atom. The van der Waals surface area contributed by atoms with Gasteiger partial charge in [0.05, 0.1) is 10.6 Å². The molecule has 0 aromatic heterocycles. The molecule has 1 rings (SSSR count). The van der Waals surface area contributed by atoms with E-state index in [1.807, 2.05) is 0 Å². The summed E-state index contributed by atoms with van der Waals surface area (Å²) in [5.41, 5.74) is 0. The second-order valence-electron chi connectivity index (χ2n) is 2.72. The fourth-order valence-electron chi connectivity index (χ4n) is 0.982. The van der Waals surface area contributed by atoms with Crippen molar-refractivity contribution in [2.45, 2.75) is 4.90 Å². The van der Waals surface area contributed by atoms with Crippen LogP contribution < -0.4 is 0 Å². The first-order valence-electron chi connectivity index (χ1n) is 4.15. The smallest absolute Gasteiger partial charge is 0.181 e. The van der Waals surface area contributed by atoms with Crippen LogP contribution in [-0.4, -0.2) is 19.5 Å². The van der Waals surface area contributed by atoms with Gasteiger partial charge in [-0.25, -0.2) is 8.42 Å². The van der Waals surface area contributed by atoms with Gasteiger partial charge in [0.25, 0.3) is 0 Å². The van der Waals surface area contributed by atoms with Crippen molar-refractivity contribution in [2.24, 2.45) is 0 Å². The zero-order chi connectivity index (χ0) is 10.4. The van der Waals surface area contributed by atoms with Crippen LogP contribution in [0.2, 0.25) is 0 Å². The van der Waals surface area contributed by atoms with E-state index in [4.69, 9.17) is 0 Å². The highest BCUT2D eigenvalue weighted by Gasteiger charge is 2.10. The predicted molar refractivity (Wildman–Crippen MR) is 61.4 cm³/mol. The van der Waals surface area contributed by atoms with E-state index < -0.39 is 9.84 Å². The topological polar surface area (TPSA) is 34.1 Å². The maximum Gasteiger partial charge on any atom is 0.181 e. The first-order valence-corrected chi connectivity index (χ1v) is 6.93. The van der Waals surface area contributed by atoms with Gasteiger partial charge in [0.15, 0.2) is 9.84 Å². The summed E-state index contributed by atoms with van der Waals surface area (Å²) in [5.74, 6) is 0.0581. The van der Waals surface area contributed by atoms with Crippen LogP contribution >= 0.6 is 15.9 Å². The van der Waals surface area contributed by atoms with Gasteiger partial charge < -0.3 is 0 Å². The molecule has 0 unspecified atom stereocenters. The Hall–Kier alpha value is -0.610. The summed E-state index contributed by atoms with van der Waals surface area (Å²) in [5, 5.41) is 0.678. The van der Waals surface area contributed by atoms with Gasteiger partial charge in [-0.2, -0.15) is 0 Å². The van der Waals surface area contributed by atoms with Crippen LogP contribution in [0.3, 0.4) is 0 Å². The van der Waals surface area contributed by atoms with Crippen molar-refractivity contribution in [1.82, 2.24) is 0 Å². The van der Waals surface area contributed by atoms with Gasteiger partial charge in [0.2, 0.25) is 0 Å². The second-order valence-corrected chi connectivity index (χ2v) is 5.40. The lowest BCUT2D eigenvalue weighted by atomic mass is 10.4. The van der Waals surface area contributed by atoms with Gasteiger partial charge in [-0.1, -0.05) is 46.3 Å². The van der Waals surface area contributed by atoms with Crippen LogP contribution in [0.25, 0.3) is 0 Å².